The first kappa shape index (κ1) is 14.3. The Hall–Kier alpha value is -2.33. The third-order valence-electron chi connectivity index (χ3n) is 4.59. The Morgan fingerprint density at radius 1 is 1.00 bits per heavy atom. The van der Waals surface area contributed by atoms with E-state index in [-0.39, 0.29) is 17.9 Å². The van der Waals surface area contributed by atoms with Crippen LogP contribution in [0.5, 0.6) is 5.75 Å². The molecule has 4 heteroatoms. The fourth-order valence-corrected chi connectivity index (χ4v) is 3.39. The molecule has 2 aromatic rings. The number of benzene rings is 2. The van der Waals surface area contributed by atoms with Crippen LogP contribution in [0.1, 0.15) is 23.1 Å². The van der Waals surface area contributed by atoms with Gasteiger partial charge in [0.25, 0.3) is 0 Å². The molecule has 1 amide bonds. The van der Waals surface area contributed by atoms with Crippen molar-refractivity contribution in [1.29, 1.82) is 0 Å². The molecule has 0 aliphatic carbocycles. The van der Waals surface area contributed by atoms with E-state index in [2.05, 4.69) is 12.1 Å². The van der Waals surface area contributed by atoms with Crippen molar-refractivity contribution in [2.45, 2.75) is 12.0 Å². The van der Waals surface area contributed by atoms with E-state index in [0.717, 1.165) is 16.9 Å². The maximum absolute atomic E-state index is 13.1. The molecule has 0 N–H and O–H groups in total. The lowest BCUT2D eigenvalue weighted by atomic mass is 9.97. The van der Waals surface area contributed by atoms with Gasteiger partial charge in [-0.05, 0) is 11.6 Å². The predicted molar refractivity (Wildman–Crippen MR) is 86.4 cm³/mol. The largest absolute Gasteiger partial charge is 0.492 e. The van der Waals surface area contributed by atoms with Gasteiger partial charge < -0.3 is 14.4 Å². The van der Waals surface area contributed by atoms with Gasteiger partial charge >= 0.3 is 0 Å². The van der Waals surface area contributed by atoms with Crippen LogP contribution in [-0.2, 0) is 9.53 Å². The molecule has 0 unspecified atom stereocenters. The number of hydrogen-bond acceptors (Lipinski definition) is 3. The highest BCUT2D eigenvalue weighted by molar-refractivity contribution is 5.86. The second-order valence-electron chi connectivity index (χ2n) is 5.93. The van der Waals surface area contributed by atoms with Crippen molar-refractivity contribution in [2.75, 3.05) is 26.4 Å². The van der Waals surface area contributed by atoms with Crippen LogP contribution in [0.15, 0.2) is 54.6 Å². The molecular formula is C19H19NO3. The van der Waals surface area contributed by atoms with E-state index in [1.165, 1.54) is 0 Å². The SMILES string of the molecule is O=C([C@@H]1COc2ccccc21)N1CCOC[C@H]1c1ccccc1. The number of carbonyl (C=O) groups is 1. The molecule has 1 saturated heterocycles. The highest BCUT2D eigenvalue weighted by Crippen LogP contribution is 2.36. The zero-order valence-electron chi connectivity index (χ0n) is 12.9. The molecule has 1 fully saturated rings. The fourth-order valence-electron chi connectivity index (χ4n) is 3.39. The highest BCUT2D eigenvalue weighted by atomic mass is 16.5. The monoisotopic (exact) mass is 309 g/mol. The third-order valence-corrected chi connectivity index (χ3v) is 4.59. The molecule has 0 aromatic heterocycles. The third kappa shape index (κ3) is 2.59. The molecule has 2 heterocycles. The van der Waals surface area contributed by atoms with Crippen LogP contribution >= 0.6 is 0 Å². The Morgan fingerprint density at radius 3 is 2.65 bits per heavy atom. The molecule has 23 heavy (non-hydrogen) atoms. The molecule has 0 spiro atoms. The van der Waals surface area contributed by atoms with Crippen LogP contribution in [-0.4, -0.2) is 37.2 Å². The molecule has 118 valence electrons. The van der Waals surface area contributed by atoms with E-state index in [4.69, 9.17) is 9.47 Å². The zero-order chi connectivity index (χ0) is 15.6. The second kappa shape index (κ2) is 6.05. The van der Waals surface area contributed by atoms with Gasteiger partial charge in [0, 0.05) is 12.1 Å². The minimum atomic E-state index is -0.212. The van der Waals surface area contributed by atoms with Crippen LogP contribution < -0.4 is 4.74 Å². The van der Waals surface area contributed by atoms with Crippen molar-refractivity contribution in [3.8, 4) is 5.75 Å². The summed E-state index contributed by atoms with van der Waals surface area (Å²) in [6.07, 6.45) is 0. The summed E-state index contributed by atoms with van der Waals surface area (Å²) in [4.78, 5) is 15.1. The molecule has 2 aliphatic heterocycles. The van der Waals surface area contributed by atoms with Gasteiger partial charge in [-0.2, -0.15) is 0 Å². The van der Waals surface area contributed by atoms with E-state index in [1.807, 2.05) is 47.4 Å². The van der Waals surface area contributed by atoms with Crippen molar-refractivity contribution < 1.29 is 14.3 Å². The molecule has 0 saturated carbocycles. The summed E-state index contributed by atoms with van der Waals surface area (Å²) in [5, 5.41) is 0. The number of fused-ring (bicyclic) bond motifs is 1. The van der Waals surface area contributed by atoms with Crippen LogP contribution in [0, 0.1) is 0 Å². The van der Waals surface area contributed by atoms with Crippen LogP contribution in [0.2, 0.25) is 0 Å². The molecule has 2 aromatic carbocycles. The van der Waals surface area contributed by atoms with Gasteiger partial charge in [0.15, 0.2) is 0 Å². The minimum absolute atomic E-state index is 0.0230. The number of morpholine rings is 1. The normalized spacial score (nSPS) is 23.2. The smallest absolute Gasteiger partial charge is 0.234 e. The summed E-state index contributed by atoms with van der Waals surface area (Å²) in [6, 6.07) is 17.9. The molecule has 0 radical (unpaired) electrons. The first-order chi connectivity index (χ1) is 11.3. The van der Waals surface area contributed by atoms with Gasteiger partial charge in [-0.15, -0.1) is 0 Å². The second-order valence-corrected chi connectivity index (χ2v) is 5.93. The van der Waals surface area contributed by atoms with Crippen LogP contribution in [0.25, 0.3) is 0 Å². The lowest BCUT2D eigenvalue weighted by molar-refractivity contribution is -0.142. The zero-order valence-corrected chi connectivity index (χ0v) is 12.9. The number of ether oxygens (including phenoxy) is 2. The Balaban J connectivity index is 1.62. The lowest BCUT2D eigenvalue weighted by Crippen LogP contribution is -2.45. The maximum atomic E-state index is 13.1. The number of amides is 1. The maximum Gasteiger partial charge on any atom is 0.234 e. The summed E-state index contributed by atoms with van der Waals surface area (Å²) in [6.45, 7) is 2.18. The average Bonchev–Trinajstić information content (AvgIpc) is 3.06. The average molecular weight is 309 g/mol. The number of hydrogen-bond donors (Lipinski definition) is 0. The topological polar surface area (TPSA) is 38.8 Å². The Morgan fingerprint density at radius 2 is 1.78 bits per heavy atom. The van der Waals surface area contributed by atoms with Crippen molar-refractivity contribution in [2.24, 2.45) is 0 Å². The van der Waals surface area contributed by atoms with Crippen molar-refractivity contribution in [3.63, 3.8) is 0 Å². The summed E-state index contributed by atoms with van der Waals surface area (Å²) < 4.78 is 11.3. The van der Waals surface area contributed by atoms with Gasteiger partial charge in [0.2, 0.25) is 5.91 Å². The van der Waals surface area contributed by atoms with Gasteiger partial charge in [-0.25, -0.2) is 0 Å². The standard InChI is InChI=1S/C19H19NO3/c21-19(16-12-23-18-9-5-4-8-15(16)18)20-10-11-22-13-17(20)14-6-2-1-3-7-14/h1-9,16-17H,10-13H2/t16-,17+/m1/s1. The number of carbonyl (C=O) groups excluding carboxylic acids is 1. The number of para-hydroxylation sites is 1. The van der Waals surface area contributed by atoms with Crippen LogP contribution in [0.4, 0.5) is 0 Å². The first-order valence-corrected chi connectivity index (χ1v) is 7.99. The predicted octanol–water partition coefficient (Wildman–Crippen LogP) is 2.76. The molecule has 4 nitrogen and oxygen atoms in total. The molecule has 4 rings (SSSR count). The molecule has 2 atom stereocenters. The highest BCUT2D eigenvalue weighted by Gasteiger charge is 2.37. The van der Waals surface area contributed by atoms with E-state index in [9.17, 15) is 4.79 Å². The quantitative estimate of drug-likeness (QED) is 0.856. The molecule has 2 aliphatic rings. The van der Waals surface area contributed by atoms with Crippen molar-refractivity contribution in [1.82, 2.24) is 4.90 Å². The minimum Gasteiger partial charge on any atom is -0.492 e. The van der Waals surface area contributed by atoms with E-state index < -0.39 is 0 Å². The van der Waals surface area contributed by atoms with Crippen molar-refractivity contribution in [3.05, 3.63) is 65.7 Å². The van der Waals surface area contributed by atoms with Crippen LogP contribution in [0.3, 0.4) is 0 Å². The van der Waals surface area contributed by atoms with Gasteiger partial charge in [0.05, 0.1) is 19.3 Å². The Bertz CT molecular complexity index is 701. The van der Waals surface area contributed by atoms with Gasteiger partial charge in [-0.3, -0.25) is 4.79 Å². The van der Waals surface area contributed by atoms with E-state index >= 15 is 0 Å². The van der Waals surface area contributed by atoms with Gasteiger partial charge in [0.1, 0.15) is 18.3 Å². The summed E-state index contributed by atoms with van der Waals surface area (Å²) in [7, 11) is 0. The van der Waals surface area contributed by atoms with E-state index in [0.29, 0.717) is 26.4 Å². The number of nitrogens with zero attached hydrogens (tertiary/aromatic N) is 1. The summed E-state index contributed by atoms with van der Waals surface area (Å²) in [5.74, 6) is 0.748. The van der Waals surface area contributed by atoms with E-state index in [1.54, 1.807) is 0 Å². The Kier molecular flexibility index (Phi) is 3.75. The first-order valence-electron chi connectivity index (χ1n) is 7.99. The lowest BCUT2D eigenvalue weighted by Gasteiger charge is -2.37. The Labute approximate surface area is 135 Å². The number of rotatable bonds is 2. The fraction of sp³-hybridized carbons (Fsp3) is 0.316. The summed E-state index contributed by atoms with van der Waals surface area (Å²) >= 11 is 0. The molecular weight excluding hydrogens is 290 g/mol. The summed E-state index contributed by atoms with van der Waals surface area (Å²) in [5.41, 5.74) is 2.11. The van der Waals surface area contributed by atoms with Gasteiger partial charge in [-0.1, -0.05) is 48.5 Å². The van der Waals surface area contributed by atoms with Crippen molar-refractivity contribution >= 4 is 5.91 Å². The molecule has 0 bridgehead atoms.